The molecule has 0 amide bonds. The highest BCUT2D eigenvalue weighted by atomic mass is 16.7. The van der Waals surface area contributed by atoms with Crippen LogP contribution in [0.5, 0.6) is 11.5 Å². The van der Waals surface area contributed by atoms with Gasteiger partial charge in [-0.05, 0) is 17.7 Å². The van der Waals surface area contributed by atoms with Gasteiger partial charge in [0, 0.05) is 19.4 Å². The maximum atomic E-state index is 5.49. The van der Waals surface area contributed by atoms with Crippen molar-refractivity contribution < 1.29 is 18.9 Å². The van der Waals surface area contributed by atoms with E-state index in [4.69, 9.17) is 18.9 Å². The van der Waals surface area contributed by atoms with Crippen molar-refractivity contribution in [2.75, 3.05) is 20.5 Å². The second-order valence-corrected chi connectivity index (χ2v) is 4.04. The molecule has 2 aliphatic rings. The number of hydrogen-bond acceptors (Lipinski definition) is 4. The lowest BCUT2D eigenvalue weighted by atomic mass is 9.98. The fourth-order valence-electron chi connectivity index (χ4n) is 2.16. The summed E-state index contributed by atoms with van der Waals surface area (Å²) in [5.74, 6) is 2.05. The van der Waals surface area contributed by atoms with Crippen LogP contribution in [0.4, 0.5) is 0 Å². The van der Waals surface area contributed by atoms with Gasteiger partial charge in [0.05, 0.1) is 6.61 Å². The third kappa shape index (κ3) is 1.64. The molecule has 0 unspecified atom stereocenters. The molecule has 2 heterocycles. The summed E-state index contributed by atoms with van der Waals surface area (Å²) in [5, 5.41) is 0. The van der Waals surface area contributed by atoms with Crippen LogP contribution >= 0.6 is 0 Å². The van der Waals surface area contributed by atoms with Crippen LogP contribution in [-0.2, 0) is 9.47 Å². The molecule has 1 saturated heterocycles. The Balaban J connectivity index is 1.80. The van der Waals surface area contributed by atoms with Crippen molar-refractivity contribution in [2.45, 2.75) is 18.6 Å². The Labute approximate surface area is 94.1 Å². The maximum Gasteiger partial charge on any atom is 0.231 e. The number of methoxy groups -OCH3 is 1. The fraction of sp³-hybridized carbons (Fsp3) is 0.500. The molecule has 0 radical (unpaired) electrons. The highest BCUT2D eigenvalue weighted by molar-refractivity contribution is 5.45. The summed E-state index contributed by atoms with van der Waals surface area (Å²) in [4.78, 5) is 0. The quantitative estimate of drug-likeness (QED) is 0.765. The summed E-state index contributed by atoms with van der Waals surface area (Å²) < 4.78 is 21.3. The molecular weight excluding hydrogens is 208 g/mol. The molecule has 0 bridgehead atoms. The molecule has 4 heteroatoms. The molecule has 0 aliphatic carbocycles. The van der Waals surface area contributed by atoms with E-state index in [1.54, 1.807) is 7.11 Å². The number of ether oxygens (including phenoxy) is 4. The van der Waals surface area contributed by atoms with E-state index in [1.807, 2.05) is 12.1 Å². The Hall–Kier alpha value is -1.26. The van der Waals surface area contributed by atoms with E-state index < -0.39 is 0 Å². The van der Waals surface area contributed by atoms with Crippen molar-refractivity contribution in [3.63, 3.8) is 0 Å². The number of rotatable bonds is 2. The van der Waals surface area contributed by atoms with Crippen LogP contribution in [-0.4, -0.2) is 26.8 Å². The van der Waals surface area contributed by atoms with Crippen LogP contribution in [0, 0.1) is 0 Å². The summed E-state index contributed by atoms with van der Waals surface area (Å²) in [6, 6.07) is 6.06. The van der Waals surface area contributed by atoms with Gasteiger partial charge in [0.2, 0.25) is 6.79 Å². The van der Waals surface area contributed by atoms with Gasteiger partial charge in [-0.25, -0.2) is 0 Å². The number of benzene rings is 1. The minimum Gasteiger partial charge on any atom is -0.454 e. The van der Waals surface area contributed by atoms with Gasteiger partial charge in [0.15, 0.2) is 17.8 Å². The first-order valence-corrected chi connectivity index (χ1v) is 5.41. The molecule has 86 valence electrons. The lowest BCUT2D eigenvalue weighted by Gasteiger charge is -2.09. The highest BCUT2D eigenvalue weighted by Gasteiger charge is 2.27. The van der Waals surface area contributed by atoms with Gasteiger partial charge < -0.3 is 18.9 Å². The predicted octanol–water partition coefficient (Wildman–Crippen LogP) is 1.89. The SMILES string of the molecule is CO[C@H]1C[C@H](c2ccc3c(c2)OCO3)CO1. The molecule has 1 aromatic carbocycles. The van der Waals surface area contributed by atoms with Crippen LogP contribution in [0.2, 0.25) is 0 Å². The summed E-state index contributed by atoms with van der Waals surface area (Å²) in [7, 11) is 1.67. The lowest BCUT2D eigenvalue weighted by molar-refractivity contribution is -0.0880. The van der Waals surface area contributed by atoms with Crippen molar-refractivity contribution in [1.82, 2.24) is 0 Å². The van der Waals surface area contributed by atoms with Gasteiger partial charge in [-0.15, -0.1) is 0 Å². The van der Waals surface area contributed by atoms with Crippen LogP contribution in [0.1, 0.15) is 17.9 Å². The van der Waals surface area contributed by atoms with Gasteiger partial charge in [-0.3, -0.25) is 0 Å². The first-order valence-electron chi connectivity index (χ1n) is 5.41. The molecule has 1 fully saturated rings. The zero-order valence-corrected chi connectivity index (χ0v) is 9.14. The summed E-state index contributed by atoms with van der Waals surface area (Å²) >= 11 is 0. The Bertz CT molecular complexity index is 391. The van der Waals surface area contributed by atoms with Gasteiger partial charge in [-0.2, -0.15) is 0 Å². The molecule has 0 N–H and O–H groups in total. The Morgan fingerprint density at radius 3 is 2.94 bits per heavy atom. The minimum atomic E-state index is -0.0737. The molecule has 16 heavy (non-hydrogen) atoms. The van der Waals surface area contributed by atoms with E-state index >= 15 is 0 Å². The molecule has 4 nitrogen and oxygen atoms in total. The molecule has 0 aromatic heterocycles. The van der Waals surface area contributed by atoms with Crippen molar-refractivity contribution >= 4 is 0 Å². The third-order valence-electron chi connectivity index (χ3n) is 3.09. The number of fused-ring (bicyclic) bond motifs is 1. The van der Waals surface area contributed by atoms with E-state index in [0.717, 1.165) is 17.9 Å². The predicted molar refractivity (Wildman–Crippen MR) is 56.7 cm³/mol. The third-order valence-corrected chi connectivity index (χ3v) is 3.09. The van der Waals surface area contributed by atoms with Crippen LogP contribution in [0.25, 0.3) is 0 Å². The maximum absolute atomic E-state index is 5.49. The van der Waals surface area contributed by atoms with Gasteiger partial charge >= 0.3 is 0 Å². The van der Waals surface area contributed by atoms with Gasteiger partial charge in [-0.1, -0.05) is 6.07 Å². The standard InChI is InChI=1S/C12H14O4/c1-13-12-5-9(6-14-12)8-2-3-10-11(4-8)16-7-15-10/h2-4,9,12H,5-7H2,1H3/t9-,12+/m0/s1. The van der Waals surface area contributed by atoms with Crippen molar-refractivity contribution in [3.8, 4) is 11.5 Å². The zero-order valence-electron chi connectivity index (χ0n) is 9.14. The van der Waals surface area contributed by atoms with E-state index in [0.29, 0.717) is 19.3 Å². The lowest BCUT2D eigenvalue weighted by Crippen LogP contribution is -2.06. The van der Waals surface area contributed by atoms with Gasteiger partial charge in [0.1, 0.15) is 0 Å². The van der Waals surface area contributed by atoms with Crippen molar-refractivity contribution in [2.24, 2.45) is 0 Å². The summed E-state index contributed by atoms with van der Waals surface area (Å²) in [6.07, 6.45) is 0.825. The molecule has 1 aromatic rings. The highest BCUT2D eigenvalue weighted by Crippen LogP contribution is 2.37. The molecule has 0 spiro atoms. The summed E-state index contributed by atoms with van der Waals surface area (Å²) in [5.41, 5.74) is 1.23. The van der Waals surface area contributed by atoms with Gasteiger partial charge in [0.25, 0.3) is 0 Å². The van der Waals surface area contributed by atoms with Crippen LogP contribution in [0.3, 0.4) is 0 Å². The molecule has 2 atom stereocenters. The van der Waals surface area contributed by atoms with E-state index in [9.17, 15) is 0 Å². The zero-order chi connectivity index (χ0) is 11.0. The Kier molecular flexibility index (Phi) is 2.46. The summed E-state index contributed by atoms with van der Waals surface area (Å²) in [6.45, 7) is 1.03. The fourth-order valence-corrected chi connectivity index (χ4v) is 2.16. The molecule has 3 rings (SSSR count). The van der Waals surface area contributed by atoms with Crippen LogP contribution < -0.4 is 9.47 Å². The molecule has 0 saturated carbocycles. The molecular formula is C12H14O4. The molecule has 2 aliphatic heterocycles. The van der Waals surface area contributed by atoms with E-state index in [-0.39, 0.29) is 6.29 Å². The van der Waals surface area contributed by atoms with E-state index in [1.165, 1.54) is 5.56 Å². The van der Waals surface area contributed by atoms with Crippen LogP contribution in [0.15, 0.2) is 18.2 Å². The first-order chi connectivity index (χ1) is 7.86. The average molecular weight is 222 g/mol. The Morgan fingerprint density at radius 2 is 2.12 bits per heavy atom. The second kappa shape index (κ2) is 3.96. The monoisotopic (exact) mass is 222 g/mol. The smallest absolute Gasteiger partial charge is 0.231 e. The van der Waals surface area contributed by atoms with Crippen molar-refractivity contribution in [3.05, 3.63) is 23.8 Å². The topological polar surface area (TPSA) is 36.9 Å². The largest absolute Gasteiger partial charge is 0.454 e. The average Bonchev–Trinajstić information content (AvgIpc) is 2.96. The van der Waals surface area contributed by atoms with Crippen molar-refractivity contribution in [1.29, 1.82) is 0 Å². The normalized spacial score (nSPS) is 27.3. The first kappa shape index (κ1) is 9.93. The minimum absolute atomic E-state index is 0.0737. The Morgan fingerprint density at radius 1 is 1.25 bits per heavy atom. The number of hydrogen-bond donors (Lipinski definition) is 0. The van der Waals surface area contributed by atoms with E-state index in [2.05, 4.69) is 6.07 Å². The second-order valence-electron chi connectivity index (χ2n) is 4.04.